The smallest absolute Gasteiger partial charge is 0.265 e. The number of aryl methyl sites for hydroxylation is 1. The molecule has 3 N–H and O–H groups in total. The number of carbonyl (C=O) groups excluding carboxylic acids is 1. The Kier molecular flexibility index (Phi) is 6.33. The van der Waals surface area contributed by atoms with Gasteiger partial charge in [0.05, 0.1) is 11.3 Å². The molecular weight excluding hydrogens is 529 g/mol. The highest BCUT2D eigenvalue weighted by Crippen LogP contribution is 2.35. The zero-order chi connectivity index (χ0) is 23.8. The van der Waals surface area contributed by atoms with Gasteiger partial charge in [-0.3, -0.25) is 9.52 Å². The number of rotatable bonds is 6. The van der Waals surface area contributed by atoms with E-state index in [0.29, 0.717) is 5.69 Å². The van der Waals surface area contributed by atoms with E-state index in [-0.39, 0.29) is 16.3 Å². The van der Waals surface area contributed by atoms with Gasteiger partial charge in [0.25, 0.3) is 10.0 Å². The Morgan fingerprint density at radius 2 is 1.73 bits per heavy atom. The number of sulfonamides is 1. The fourth-order valence-electron chi connectivity index (χ4n) is 3.16. The minimum atomic E-state index is -4.47. The van der Waals surface area contributed by atoms with Crippen LogP contribution in [0.15, 0.2) is 75.4 Å². The molecule has 0 saturated heterocycles. The summed E-state index contributed by atoms with van der Waals surface area (Å²) in [6.07, 6.45) is 0. The summed E-state index contributed by atoms with van der Waals surface area (Å²) in [4.78, 5) is 15.6. The van der Waals surface area contributed by atoms with Crippen molar-refractivity contribution in [3.05, 3.63) is 87.5 Å². The van der Waals surface area contributed by atoms with Gasteiger partial charge in [0, 0.05) is 26.7 Å². The van der Waals surface area contributed by atoms with Crippen LogP contribution in [0.1, 0.15) is 15.9 Å². The molecule has 0 aliphatic rings. The molecule has 0 unspecified atom stereocenters. The lowest BCUT2D eigenvalue weighted by Crippen LogP contribution is -2.22. The predicted octanol–water partition coefficient (Wildman–Crippen LogP) is 5.59. The Balaban J connectivity index is 1.79. The molecular formula is C23H17BrFN3O3S2. The molecule has 3 aromatic carbocycles. The second-order valence-electron chi connectivity index (χ2n) is 7.18. The van der Waals surface area contributed by atoms with Gasteiger partial charge < -0.3 is 5.73 Å². The number of carbonyl (C=O) groups is 1. The maximum absolute atomic E-state index is 15.6. The lowest BCUT2D eigenvalue weighted by Gasteiger charge is -2.13. The molecule has 0 atom stereocenters. The molecule has 1 aromatic heterocycles. The van der Waals surface area contributed by atoms with Crippen LogP contribution >= 0.6 is 27.3 Å². The molecule has 1 heterocycles. The van der Waals surface area contributed by atoms with E-state index in [0.717, 1.165) is 26.9 Å². The number of nitrogens with one attached hydrogen (secondary N) is 1. The van der Waals surface area contributed by atoms with Gasteiger partial charge in [0.2, 0.25) is 5.91 Å². The standard InChI is InChI=1S/C23H17BrFN3O3S2/c1-13-2-8-16(9-3-13)28-33(30,31)21-18(22(26)29)11-10-17(20(21)25)23-27-19(12-32-23)14-4-6-15(24)7-5-14/h2-12,28H,1H3,(H2,26,29). The highest BCUT2D eigenvalue weighted by molar-refractivity contribution is 9.10. The van der Waals surface area contributed by atoms with E-state index in [9.17, 15) is 13.2 Å². The molecule has 0 bridgehead atoms. The number of aromatic nitrogens is 1. The SMILES string of the molecule is Cc1ccc(NS(=O)(=O)c2c(C(N)=O)ccc(-c3nc(-c4ccc(Br)cc4)cs3)c2F)cc1. The predicted molar refractivity (Wildman–Crippen MR) is 131 cm³/mol. The molecule has 0 aliphatic carbocycles. The van der Waals surface area contributed by atoms with Crippen LogP contribution in [0.25, 0.3) is 21.8 Å². The van der Waals surface area contributed by atoms with Gasteiger partial charge in [-0.05, 0) is 43.3 Å². The van der Waals surface area contributed by atoms with E-state index in [4.69, 9.17) is 5.73 Å². The number of benzene rings is 3. The lowest BCUT2D eigenvalue weighted by molar-refractivity contribution is 0.0996. The molecule has 0 radical (unpaired) electrons. The lowest BCUT2D eigenvalue weighted by atomic mass is 10.1. The summed E-state index contributed by atoms with van der Waals surface area (Å²) < 4.78 is 45.1. The number of amides is 1. The maximum Gasteiger partial charge on any atom is 0.265 e. The van der Waals surface area contributed by atoms with Gasteiger partial charge in [-0.25, -0.2) is 17.8 Å². The summed E-state index contributed by atoms with van der Waals surface area (Å²) in [5.41, 5.74) is 7.46. The molecule has 168 valence electrons. The first-order chi connectivity index (χ1) is 15.7. The van der Waals surface area contributed by atoms with Crippen molar-refractivity contribution in [2.45, 2.75) is 11.8 Å². The number of primary amides is 1. The summed E-state index contributed by atoms with van der Waals surface area (Å²) in [5.74, 6) is -2.15. The Morgan fingerprint density at radius 1 is 1.06 bits per heavy atom. The number of hydrogen-bond donors (Lipinski definition) is 2. The fraction of sp³-hybridized carbons (Fsp3) is 0.0435. The zero-order valence-corrected chi connectivity index (χ0v) is 20.4. The van der Waals surface area contributed by atoms with Crippen LogP contribution in [0.4, 0.5) is 10.1 Å². The van der Waals surface area contributed by atoms with Crippen molar-refractivity contribution in [1.29, 1.82) is 0 Å². The highest BCUT2D eigenvalue weighted by atomic mass is 79.9. The van der Waals surface area contributed by atoms with Crippen molar-refractivity contribution >= 4 is 48.9 Å². The molecule has 33 heavy (non-hydrogen) atoms. The summed E-state index contributed by atoms with van der Waals surface area (Å²) in [6.45, 7) is 1.85. The van der Waals surface area contributed by atoms with Crippen LogP contribution in [-0.2, 0) is 10.0 Å². The molecule has 0 aliphatic heterocycles. The molecule has 4 rings (SSSR count). The van der Waals surface area contributed by atoms with Crippen LogP contribution in [-0.4, -0.2) is 19.3 Å². The largest absolute Gasteiger partial charge is 0.366 e. The van der Waals surface area contributed by atoms with E-state index in [1.807, 2.05) is 31.2 Å². The Labute approximate surface area is 202 Å². The average Bonchev–Trinajstić information content (AvgIpc) is 3.25. The average molecular weight is 546 g/mol. The Hall–Kier alpha value is -3.08. The first kappa shape index (κ1) is 23.1. The highest BCUT2D eigenvalue weighted by Gasteiger charge is 2.29. The normalized spacial score (nSPS) is 11.4. The Morgan fingerprint density at radius 3 is 2.36 bits per heavy atom. The summed E-state index contributed by atoms with van der Waals surface area (Å²) in [7, 11) is -4.47. The monoisotopic (exact) mass is 545 g/mol. The fourth-order valence-corrected chi connectivity index (χ4v) is 5.62. The van der Waals surface area contributed by atoms with Gasteiger partial charge >= 0.3 is 0 Å². The number of anilines is 1. The zero-order valence-electron chi connectivity index (χ0n) is 17.2. The van der Waals surface area contributed by atoms with Gasteiger partial charge in [-0.15, -0.1) is 11.3 Å². The summed E-state index contributed by atoms with van der Waals surface area (Å²) in [6, 6.07) is 16.4. The molecule has 4 aromatic rings. The molecule has 1 amide bonds. The molecule has 10 heteroatoms. The van der Waals surface area contributed by atoms with Crippen molar-refractivity contribution < 1.29 is 17.6 Å². The quantitative estimate of drug-likeness (QED) is 0.329. The van der Waals surface area contributed by atoms with Crippen molar-refractivity contribution in [3.8, 4) is 21.8 Å². The van der Waals surface area contributed by atoms with Crippen LogP contribution in [0.5, 0.6) is 0 Å². The van der Waals surface area contributed by atoms with Gasteiger partial charge in [-0.1, -0.05) is 45.8 Å². The van der Waals surface area contributed by atoms with Crippen LogP contribution in [0.2, 0.25) is 0 Å². The second kappa shape index (κ2) is 9.05. The third-order valence-electron chi connectivity index (χ3n) is 4.81. The van der Waals surface area contributed by atoms with Crippen molar-refractivity contribution in [3.63, 3.8) is 0 Å². The molecule has 0 saturated carbocycles. The van der Waals surface area contributed by atoms with Crippen molar-refractivity contribution in [1.82, 2.24) is 4.98 Å². The van der Waals surface area contributed by atoms with Gasteiger partial charge in [0.15, 0.2) is 5.82 Å². The number of thiazole rings is 1. The molecule has 0 spiro atoms. The van der Waals surface area contributed by atoms with Gasteiger partial charge in [0.1, 0.15) is 9.90 Å². The first-order valence-electron chi connectivity index (χ1n) is 9.59. The minimum Gasteiger partial charge on any atom is -0.366 e. The van der Waals surface area contributed by atoms with E-state index in [1.165, 1.54) is 12.1 Å². The summed E-state index contributed by atoms with van der Waals surface area (Å²) >= 11 is 4.53. The number of nitrogens with zero attached hydrogens (tertiary/aromatic N) is 1. The van der Waals surface area contributed by atoms with E-state index < -0.39 is 32.2 Å². The van der Waals surface area contributed by atoms with E-state index in [1.54, 1.807) is 29.6 Å². The van der Waals surface area contributed by atoms with Gasteiger partial charge in [-0.2, -0.15) is 0 Å². The third kappa shape index (κ3) is 4.82. The number of nitrogens with two attached hydrogens (primary N) is 1. The maximum atomic E-state index is 15.6. The first-order valence-corrected chi connectivity index (χ1v) is 12.7. The van der Waals surface area contributed by atoms with Crippen LogP contribution in [0, 0.1) is 12.7 Å². The Bertz CT molecular complexity index is 1450. The van der Waals surface area contributed by atoms with E-state index in [2.05, 4.69) is 25.6 Å². The van der Waals surface area contributed by atoms with E-state index >= 15 is 4.39 Å². The second-order valence-corrected chi connectivity index (χ2v) is 10.6. The van der Waals surface area contributed by atoms with Crippen molar-refractivity contribution in [2.75, 3.05) is 4.72 Å². The number of halogens is 2. The minimum absolute atomic E-state index is 0.0438. The van der Waals surface area contributed by atoms with Crippen molar-refractivity contribution in [2.24, 2.45) is 5.73 Å². The number of hydrogen-bond acceptors (Lipinski definition) is 5. The topological polar surface area (TPSA) is 102 Å². The third-order valence-corrected chi connectivity index (χ3v) is 7.65. The molecule has 0 fully saturated rings. The van der Waals surface area contributed by atoms with Crippen LogP contribution < -0.4 is 10.5 Å². The summed E-state index contributed by atoms with van der Waals surface area (Å²) in [5, 5.41) is 2.02. The van der Waals surface area contributed by atoms with Crippen LogP contribution in [0.3, 0.4) is 0 Å². The molecule has 6 nitrogen and oxygen atoms in total.